The van der Waals surface area contributed by atoms with Gasteiger partial charge in [-0.1, -0.05) is 28.9 Å². The molecule has 1 rings (SSSR count). The average Bonchev–Trinajstić information content (AvgIpc) is 2.31. The van der Waals surface area contributed by atoms with E-state index in [0.29, 0.717) is 12.5 Å². The van der Waals surface area contributed by atoms with E-state index >= 15 is 0 Å². The molecule has 0 radical (unpaired) electrons. The van der Waals surface area contributed by atoms with E-state index in [0.717, 1.165) is 27.7 Å². The molecule has 0 aliphatic rings. The lowest BCUT2D eigenvalue weighted by Crippen LogP contribution is -2.05. The second kappa shape index (κ2) is 7.98. The lowest BCUT2D eigenvalue weighted by Gasteiger charge is -2.14. The Bertz CT molecular complexity index is 342. The third-order valence-corrected chi connectivity index (χ3v) is 3.69. The van der Waals surface area contributed by atoms with Crippen LogP contribution in [-0.4, -0.2) is 19.0 Å². The van der Waals surface area contributed by atoms with E-state index in [1.165, 1.54) is 6.42 Å². The van der Waals surface area contributed by atoms with Crippen LogP contribution in [0, 0.1) is 5.92 Å². The number of benzene rings is 1. The number of alkyl halides is 1. The third kappa shape index (κ3) is 4.88. The number of methoxy groups -OCH3 is 1. The van der Waals surface area contributed by atoms with Crippen LogP contribution in [0.4, 0.5) is 0 Å². The van der Waals surface area contributed by atoms with E-state index in [2.05, 4.69) is 38.8 Å². The van der Waals surface area contributed by atoms with E-state index in [4.69, 9.17) is 9.47 Å². The largest absolute Gasteiger partial charge is 0.493 e. The van der Waals surface area contributed by atoms with Crippen LogP contribution in [0.5, 0.6) is 11.5 Å². The Labute approximate surface area is 120 Å². The number of hydrogen-bond donors (Lipinski definition) is 0. The molecule has 1 aromatic rings. The summed E-state index contributed by atoms with van der Waals surface area (Å²) in [5, 5.41) is 1.05. The van der Waals surface area contributed by atoms with Gasteiger partial charge >= 0.3 is 0 Å². The summed E-state index contributed by atoms with van der Waals surface area (Å²) < 4.78 is 12.0. The van der Waals surface area contributed by atoms with Crippen LogP contribution >= 0.6 is 31.9 Å². The van der Waals surface area contributed by atoms with Gasteiger partial charge in [-0.15, -0.1) is 0 Å². The summed E-state index contributed by atoms with van der Waals surface area (Å²) in [6.07, 6.45) is 2.23. The van der Waals surface area contributed by atoms with Gasteiger partial charge in [-0.05, 0) is 46.8 Å². The van der Waals surface area contributed by atoms with Gasteiger partial charge in [0.2, 0.25) is 0 Å². The van der Waals surface area contributed by atoms with Crippen molar-refractivity contribution in [1.29, 1.82) is 0 Å². The Balaban J connectivity index is 2.51. The Hall–Kier alpha value is -0.220. The first-order chi connectivity index (χ1) is 8.19. The molecular weight excluding hydrogens is 348 g/mol. The molecule has 0 heterocycles. The van der Waals surface area contributed by atoms with E-state index in [1.54, 1.807) is 7.11 Å². The van der Waals surface area contributed by atoms with E-state index in [-0.39, 0.29) is 0 Å². The molecule has 0 saturated heterocycles. The summed E-state index contributed by atoms with van der Waals surface area (Å²) in [5.41, 5.74) is 0. The number of halogens is 2. The zero-order chi connectivity index (χ0) is 12.7. The molecular formula is C13H18Br2O2. The van der Waals surface area contributed by atoms with Crippen molar-refractivity contribution in [1.82, 2.24) is 0 Å². The van der Waals surface area contributed by atoms with Crippen LogP contribution in [0.3, 0.4) is 0 Å². The highest BCUT2D eigenvalue weighted by Gasteiger charge is 2.09. The van der Waals surface area contributed by atoms with Gasteiger partial charge in [-0.2, -0.15) is 0 Å². The molecule has 1 aromatic carbocycles. The zero-order valence-electron chi connectivity index (χ0n) is 10.2. The minimum absolute atomic E-state index is 0.669. The van der Waals surface area contributed by atoms with Crippen molar-refractivity contribution in [3.8, 4) is 11.5 Å². The van der Waals surface area contributed by atoms with Crippen LogP contribution in [0.15, 0.2) is 22.7 Å². The molecule has 96 valence electrons. The average molecular weight is 366 g/mol. The van der Waals surface area contributed by atoms with E-state index in [1.807, 2.05) is 18.2 Å². The first-order valence-corrected chi connectivity index (χ1v) is 7.61. The van der Waals surface area contributed by atoms with Crippen molar-refractivity contribution < 1.29 is 9.47 Å². The molecule has 0 spiro atoms. The van der Waals surface area contributed by atoms with Crippen molar-refractivity contribution >= 4 is 31.9 Å². The van der Waals surface area contributed by atoms with Crippen molar-refractivity contribution in [3.05, 3.63) is 22.7 Å². The van der Waals surface area contributed by atoms with Gasteiger partial charge in [0.1, 0.15) is 0 Å². The fourth-order valence-electron chi connectivity index (χ4n) is 1.48. The Morgan fingerprint density at radius 3 is 2.71 bits per heavy atom. The van der Waals surface area contributed by atoms with Gasteiger partial charge in [0.25, 0.3) is 0 Å². The molecule has 0 fully saturated rings. The summed E-state index contributed by atoms with van der Waals surface area (Å²) in [6, 6.07) is 5.80. The zero-order valence-corrected chi connectivity index (χ0v) is 13.4. The molecule has 17 heavy (non-hydrogen) atoms. The van der Waals surface area contributed by atoms with Gasteiger partial charge < -0.3 is 9.47 Å². The van der Waals surface area contributed by atoms with Gasteiger partial charge in [0.15, 0.2) is 11.5 Å². The second-order valence-corrected chi connectivity index (χ2v) is 5.64. The van der Waals surface area contributed by atoms with Crippen LogP contribution in [0.25, 0.3) is 0 Å². The fraction of sp³-hybridized carbons (Fsp3) is 0.538. The molecule has 4 heteroatoms. The molecule has 1 atom stereocenters. The molecule has 1 unspecified atom stereocenters. The van der Waals surface area contributed by atoms with Crippen molar-refractivity contribution in [2.24, 2.45) is 5.92 Å². The van der Waals surface area contributed by atoms with Crippen molar-refractivity contribution in [3.63, 3.8) is 0 Å². The number of ether oxygens (including phenoxy) is 2. The molecule has 0 bridgehead atoms. The first-order valence-electron chi connectivity index (χ1n) is 5.70. The van der Waals surface area contributed by atoms with Crippen LogP contribution in [0.1, 0.15) is 19.8 Å². The first kappa shape index (κ1) is 14.8. The Morgan fingerprint density at radius 1 is 1.29 bits per heavy atom. The summed E-state index contributed by atoms with van der Waals surface area (Å²) in [4.78, 5) is 0. The molecule has 0 saturated carbocycles. The quantitative estimate of drug-likeness (QED) is 0.655. The topological polar surface area (TPSA) is 18.5 Å². The highest BCUT2D eigenvalue weighted by Crippen LogP contribution is 2.35. The van der Waals surface area contributed by atoms with Crippen LogP contribution in [0.2, 0.25) is 0 Å². The van der Waals surface area contributed by atoms with Gasteiger partial charge in [-0.3, -0.25) is 0 Å². The maximum absolute atomic E-state index is 5.79. The predicted octanol–water partition coefficient (Wildman–Crippen LogP) is 4.65. The minimum Gasteiger partial charge on any atom is -0.493 e. The highest BCUT2D eigenvalue weighted by molar-refractivity contribution is 9.10. The number of hydrogen-bond acceptors (Lipinski definition) is 2. The molecule has 0 aliphatic carbocycles. The van der Waals surface area contributed by atoms with Crippen molar-refractivity contribution in [2.45, 2.75) is 19.8 Å². The third-order valence-electron chi connectivity index (χ3n) is 2.61. The van der Waals surface area contributed by atoms with Crippen LogP contribution in [-0.2, 0) is 0 Å². The predicted molar refractivity (Wildman–Crippen MR) is 78.4 cm³/mol. The van der Waals surface area contributed by atoms with E-state index in [9.17, 15) is 0 Å². The summed E-state index contributed by atoms with van der Waals surface area (Å²) in [5.74, 6) is 2.23. The smallest absolute Gasteiger partial charge is 0.175 e. The van der Waals surface area contributed by atoms with Gasteiger partial charge in [-0.25, -0.2) is 0 Å². The minimum atomic E-state index is 0.669. The molecule has 0 aromatic heterocycles. The van der Waals surface area contributed by atoms with Gasteiger partial charge in [0.05, 0.1) is 18.2 Å². The lowest BCUT2D eigenvalue weighted by atomic mass is 10.1. The normalized spacial score (nSPS) is 12.2. The van der Waals surface area contributed by atoms with Crippen LogP contribution < -0.4 is 9.47 Å². The SMILES string of the molecule is COc1cccc(Br)c1OCCC(C)CCBr. The molecule has 0 amide bonds. The number of rotatable bonds is 7. The van der Waals surface area contributed by atoms with Gasteiger partial charge in [0, 0.05) is 5.33 Å². The standard InChI is InChI=1S/C13H18Br2O2/c1-10(6-8-14)7-9-17-13-11(15)4-3-5-12(13)16-2/h3-5,10H,6-9H2,1-2H3. The number of para-hydroxylation sites is 1. The second-order valence-electron chi connectivity index (χ2n) is 3.99. The molecule has 0 aliphatic heterocycles. The Morgan fingerprint density at radius 2 is 2.06 bits per heavy atom. The maximum atomic E-state index is 5.79. The van der Waals surface area contributed by atoms with Crippen molar-refractivity contribution in [2.75, 3.05) is 19.0 Å². The summed E-state index contributed by atoms with van der Waals surface area (Å²) in [7, 11) is 1.65. The Kier molecular flexibility index (Phi) is 6.97. The molecule has 2 nitrogen and oxygen atoms in total. The summed E-state index contributed by atoms with van der Waals surface area (Å²) >= 11 is 6.93. The highest BCUT2D eigenvalue weighted by atomic mass is 79.9. The summed E-state index contributed by atoms with van der Waals surface area (Å²) in [6.45, 7) is 2.95. The lowest BCUT2D eigenvalue weighted by molar-refractivity contribution is 0.266. The van der Waals surface area contributed by atoms with E-state index < -0.39 is 0 Å². The monoisotopic (exact) mass is 364 g/mol. The maximum Gasteiger partial charge on any atom is 0.175 e. The fourth-order valence-corrected chi connectivity index (χ4v) is 2.73. The molecule has 0 N–H and O–H groups in total.